The van der Waals surface area contributed by atoms with Crippen molar-refractivity contribution in [2.75, 3.05) is 6.61 Å². The molecule has 0 saturated heterocycles. The normalized spacial score (nSPS) is 43.9. The molecule has 3 fully saturated rings. The van der Waals surface area contributed by atoms with Crippen molar-refractivity contribution in [3.05, 3.63) is 23.8 Å². The van der Waals surface area contributed by atoms with Crippen LogP contribution in [0.1, 0.15) is 47.4 Å². The number of ketones is 2. The van der Waals surface area contributed by atoms with Crippen LogP contribution in [-0.4, -0.2) is 49.9 Å². The Kier molecular flexibility index (Phi) is 6.79. The van der Waals surface area contributed by atoms with Gasteiger partial charge in [0.15, 0.2) is 11.6 Å². The molecule has 8 nitrogen and oxygen atoms in total. The average Bonchev–Trinajstić information content (AvgIpc) is 2.92. The van der Waals surface area contributed by atoms with E-state index in [1.165, 1.54) is 6.08 Å². The third-order valence-corrected chi connectivity index (χ3v) is 9.03. The van der Waals surface area contributed by atoms with Crippen LogP contribution in [0.15, 0.2) is 23.8 Å². The van der Waals surface area contributed by atoms with E-state index in [1.807, 2.05) is 13.0 Å². The minimum atomic E-state index is -5.02. The molecule has 0 aliphatic heterocycles. The van der Waals surface area contributed by atoms with E-state index in [2.05, 4.69) is 0 Å². The van der Waals surface area contributed by atoms with Gasteiger partial charge in [-0.2, -0.15) is 0 Å². The predicted octanol–water partition coefficient (Wildman–Crippen LogP) is -1.21. The molecule has 0 bridgehead atoms. The van der Waals surface area contributed by atoms with Crippen molar-refractivity contribution in [3.63, 3.8) is 0 Å². The molecule has 4 N–H and O–H groups in total. The van der Waals surface area contributed by atoms with Crippen LogP contribution < -0.4 is 29.6 Å². The fraction of sp³-hybridized carbons (Fsp3) is 0.714. The molecule has 0 aromatic carbocycles. The van der Waals surface area contributed by atoms with Gasteiger partial charge in [-0.25, -0.2) is 4.57 Å². The first-order chi connectivity index (χ1) is 13.9. The summed E-state index contributed by atoms with van der Waals surface area (Å²) in [6.07, 6.45) is 6.33. The van der Waals surface area contributed by atoms with Crippen LogP contribution in [-0.2, 0) is 18.7 Å². The zero-order valence-corrected chi connectivity index (χ0v) is 21.0. The third-order valence-electron chi connectivity index (χ3n) is 8.48. The quantitative estimate of drug-likeness (QED) is 0.300. The molecule has 31 heavy (non-hydrogen) atoms. The maximum Gasteiger partial charge on any atom is 1.00 e. The second kappa shape index (κ2) is 8.26. The summed E-state index contributed by atoms with van der Waals surface area (Å²) < 4.78 is 17.0. The maximum absolute atomic E-state index is 12.8. The third kappa shape index (κ3) is 3.72. The predicted molar refractivity (Wildman–Crippen MR) is 107 cm³/mol. The van der Waals surface area contributed by atoms with Gasteiger partial charge in [0.05, 0.1) is 6.10 Å². The average molecular weight is 464 g/mol. The van der Waals surface area contributed by atoms with E-state index in [-0.39, 0.29) is 67.4 Å². The van der Waals surface area contributed by atoms with Crippen molar-refractivity contribution in [1.29, 1.82) is 0 Å². The molecule has 10 heteroatoms. The molecular formula is C21H30NaO8P. The Bertz CT molecular complexity index is 902. The zero-order valence-electron chi connectivity index (χ0n) is 19.2. The van der Waals surface area contributed by atoms with Crippen LogP contribution in [0.5, 0.6) is 0 Å². The molecular weight excluding hydrogens is 434 g/mol. The molecule has 168 valence electrons. The number of carbonyl (C=O) groups excluding carboxylic acids is 2. The van der Waals surface area contributed by atoms with Crippen LogP contribution in [0.3, 0.4) is 0 Å². The summed E-state index contributed by atoms with van der Waals surface area (Å²) in [4.78, 5) is 43.8. The number of aliphatic hydroxyl groups is 2. The van der Waals surface area contributed by atoms with Gasteiger partial charge in [-0.3, -0.25) is 14.1 Å². The Morgan fingerprint density at radius 2 is 2.00 bits per heavy atom. The molecule has 7 atom stereocenters. The molecule has 3 saturated carbocycles. The first-order valence-electron chi connectivity index (χ1n) is 10.4. The standard InChI is InChI=1S/C21H29O8P.Na.H/c1-19-7-5-13(23)9-12(19)3-4-14-15-6-8-21(17(25)11-22,29-30(26,27)28)20(15,2)10-16(24)18(14)19;;/h5,7,9,14-16,18,22,24H,3-4,6,8,10-11H2,1-2H3,(H2,26,27,28);;/q;+1;-1/t14-,15-,16-,18+,19-,20-,21-;;/m0../s1. The summed E-state index contributed by atoms with van der Waals surface area (Å²) in [7, 11) is -5.02. The summed E-state index contributed by atoms with van der Waals surface area (Å²) in [6, 6.07) is 0. The van der Waals surface area contributed by atoms with Gasteiger partial charge in [-0.1, -0.05) is 25.5 Å². The van der Waals surface area contributed by atoms with E-state index < -0.39 is 42.7 Å². The van der Waals surface area contributed by atoms with E-state index in [0.29, 0.717) is 19.3 Å². The first-order valence-corrected chi connectivity index (χ1v) is 11.9. The van der Waals surface area contributed by atoms with Gasteiger partial charge < -0.3 is 21.4 Å². The van der Waals surface area contributed by atoms with Crippen LogP contribution in [0, 0.1) is 28.6 Å². The molecule has 0 radical (unpaired) electrons. The topological polar surface area (TPSA) is 141 Å². The molecule has 0 spiro atoms. The van der Waals surface area contributed by atoms with Gasteiger partial charge in [-0.15, -0.1) is 0 Å². The summed E-state index contributed by atoms with van der Waals surface area (Å²) in [6.45, 7) is 2.89. The molecule has 4 aliphatic carbocycles. The molecule has 0 amide bonds. The summed E-state index contributed by atoms with van der Waals surface area (Å²) in [5.41, 5.74) is -2.35. The van der Waals surface area contributed by atoms with Gasteiger partial charge in [-0.05, 0) is 56.1 Å². The van der Waals surface area contributed by atoms with E-state index in [1.54, 1.807) is 13.0 Å². The Hall–Kier alpha value is -0.150. The second-order valence-electron chi connectivity index (χ2n) is 9.74. The van der Waals surface area contributed by atoms with Crippen LogP contribution in [0.25, 0.3) is 0 Å². The van der Waals surface area contributed by atoms with E-state index in [4.69, 9.17) is 4.52 Å². The second-order valence-corrected chi connectivity index (χ2v) is 10.9. The Labute approximate surface area is 205 Å². The molecule has 0 aromatic heterocycles. The van der Waals surface area contributed by atoms with Gasteiger partial charge in [0.1, 0.15) is 12.2 Å². The molecule has 0 aromatic rings. The zero-order chi connectivity index (χ0) is 22.1. The van der Waals surface area contributed by atoms with E-state index in [0.717, 1.165) is 5.57 Å². The summed E-state index contributed by atoms with van der Waals surface area (Å²) in [5.74, 6) is -1.10. The van der Waals surface area contributed by atoms with Crippen molar-refractivity contribution < 1.29 is 69.7 Å². The number of hydrogen-bond acceptors (Lipinski definition) is 6. The SMILES string of the molecule is C[C@]12C=CC(=O)C=C1CC[C@@H]1[C@@H]2[C@@H](O)C[C@@]2(C)[C@H]1CC[C@]2(OP(=O)(O)O)C(=O)CO.[H-].[Na+]. The number of hydrogen-bond donors (Lipinski definition) is 4. The smallest absolute Gasteiger partial charge is 1.00 e. The summed E-state index contributed by atoms with van der Waals surface area (Å²) >= 11 is 0. The number of carbonyl (C=O) groups is 2. The maximum atomic E-state index is 12.8. The molecule has 0 heterocycles. The van der Waals surface area contributed by atoms with Crippen molar-refractivity contribution in [3.8, 4) is 0 Å². The van der Waals surface area contributed by atoms with E-state index in [9.17, 15) is 34.2 Å². The number of phosphoric acid groups is 1. The van der Waals surface area contributed by atoms with Crippen molar-refractivity contribution in [2.45, 2.75) is 57.7 Å². The Morgan fingerprint density at radius 3 is 2.61 bits per heavy atom. The van der Waals surface area contributed by atoms with Gasteiger partial charge in [0, 0.05) is 16.7 Å². The Balaban J connectivity index is 0.00000181. The van der Waals surface area contributed by atoms with Gasteiger partial charge >= 0.3 is 37.4 Å². The van der Waals surface area contributed by atoms with Crippen LogP contribution >= 0.6 is 7.82 Å². The molecule has 4 rings (SSSR count). The van der Waals surface area contributed by atoms with Gasteiger partial charge in [0.2, 0.25) is 0 Å². The van der Waals surface area contributed by atoms with Crippen molar-refractivity contribution >= 4 is 19.4 Å². The Morgan fingerprint density at radius 1 is 1.32 bits per heavy atom. The van der Waals surface area contributed by atoms with Gasteiger partial charge in [0.25, 0.3) is 0 Å². The largest absolute Gasteiger partial charge is 1.00 e. The van der Waals surface area contributed by atoms with Crippen LogP contribution in [0.2, 0.25) is 0 Å². The number of allylic oxidation sites excluding steroid dienone is 4. The number of rotatable bonds is 4. The fourth-order valence-corrected chi connectivity index (χ4v) is 8.11. The number of fused-ring (bicyclic) bond motifs is 5. The summed E-state index contributed by atoms with van der Waals surface area (Å²) in [5, 5.41) is 20.9. The number of aliphatic hydroxyl groups excluding tert-OH is 2. The van der Waals surface area contributed by atoms with Crippen molar-refractivity contribution in [2.24, 2.45) is 28.6 Å². The van der Waals surface area contributed by atoms with E-state index >= 15 is 0 Å². The van der Waals surface area contributed by atoms with Crippen LogP contribution in [0.4, 0.5) is 0 Å². The number of phosphoric ester groups is 1. The number of Topliss-reactive ketones (excluding diaryl/α,β-unsaturated/α-hetero) is 1. The monoisotopic (exact) mass is 464 g/mol. The first kappa shape index (κ1) is 25.5. The molecule has 4 aliphatic rings. The minimum absolute atomic E-state index is 0. The van der Waals surface area contributed by atoms with Crippen molar-refractivity contribution in [1.82, 2.24) is 0 Å². The minimum Gasteiger partial charge on any atom is -1.00 e. The fourth-order valence-electron chi connectivity index (χ4n) is 7.30. The molecule has 0 unspecified atom stereocenters.